The summed E-state index contributed by atoms with van der Waals surface area (Å²) in [5.41, 5.74) is 2.77. The fraction of sp³-hybridized carbons (Fsp3) is 0.394. The summed E-state index contributed by atoms with van der Waals surface area (Å²) in [5.74, 6) is -3.46. The van der Waals surface area contributed by atoms with Crippen molar-refractivity contribution in [2.45, 2.75) is 71.1 Å². The molecule has 0 amide bonds. The second-order valence-electron chi connectivity index (χ2n) is 10.2. The van der Waals surface area contributed by atoms with Gasteiger partial charge in [0.25, 0.3) is 0 Å². The van der Waals surface area contributed by atoms with Gasteiger partial charge in [0, 0.05) is 11.1 Å². The molecule has 1 saturated carbocycles. The van der Waals surface area contributed by atoms with Crippen molar-refractivity contribution in [1.82, 2.24) is 0 Å². The highest BCUT2D eigenvalue weighted by molar-refractivity contribution is 5.65. The smallest absolute Gasteiger partial charge is 0.201 e. The molecule has 0 spiro atoms. The van der Waals surface area contributed by atoms with Gasteiger partial charge in [0.2, 0.25) is 5.82 Å². The van der Waals surface area contributed by atoms with Gasteiger partial charge in [-0.15, -0.1) is 0 Å². The van der Waals surface area contributed by atoms with Gasteiger partial charge in [-0.2, -0.15) is 4.39 Å². The molecule has 0 saturated heterocycles. The first-order chi connectivity index (χ1) is 18.4. The summed E-state index contributed by atoms with van der Waals surface area (Å²) >= 11 is 0. The van der Waals surface area contributed by atoms with Crippen molar-refractivity contribution in [3.63, 3.8) is 0 Å². The molecule has 38 heavy (non-hydrogen) atoms. The number of hydrogen-bond acceptors (Lipinski definition) is 1. The van der Waals surface area contributed by atoms with Crippen LogP contribution in [0.4, 0.5) is 17.6 Å². The zero-order chi connectivity index (χ0) is 27.1. The Kier molecular flexibility index (Phi) is 9.65. The molecule has 0 aliphatic heterocycles. The van der Waals surface area contributed by atoms with Gasteiger partial charge in [-0.05, 0) is 86.1 Å². The molecule has 0 radical (unpaired) electrons. The highest BCUT2D eigenvalue weighted by Crippen LogP contribution is 2.39. The van der Waals surface area contributed by atoms with Crippen molar-refractivity contribution in [3.8, 4) is 16.9 Å². The first-order valence-electron chi connectivity index (χ1n) is 13.8. The number of benzene rings is 3. The predicted molar refractivity (Wildman–Crippen MR) is 146 cm³/mol. The molecule has 1 aliphatic carbocycles. The predicted octanol–water partition coefficient (Wildman–Crippen LogP) is 10.0. The van der Waals surface area contributed by atoms with E-state index in [0.717, 1.165) is 32.1 Å². The van der Waals surface area contributed by atoms with E-state index in [-0.39, 0.29) is 35.3 Å². The van der Waals surface area contributed by atoms with Gasteiger partial charge in [0.05, 0.1) is 6.61 Å². The lowest BCUT2D eigenvalue weighted by molar-refractivity contribution is 0.314. The van der Waals surface area contributed by atoms with Gasteiger partial charge in [-0.3, -0.25) is 0 Å². The van der Waals surface area contributed by atoms with Crippen molar-refractivity contribution in [1.29, 1.82) is 0 Å². The minimum absolute atomic E-state index is 0.0659. The summed E-state index contributed by atoms with van der Waals surface area (Å²) in [6.45, 7) is 4.14. The van der Waals surface area contributed by atoms with E-state index in [1.807, 2.05) is 30.3 Å². The number of ether oxygens (including phenoxy) is 1. The number of halogens is 4. The Morgan fingerprint density at radius 1 is 0.763 bits per heavy atom. The Morgan fingerprint density at radius 2 is 1.50 bits per heavy atom. The first kappa shape index (κ1) is 27.9. The minimum atomic E-state index is -0.985. The van der Waals surface area contributed by atoms with Crippen LogP contribution >= 0.6 is 0 Å². The number of unbranched alkanes of at least 4 members (excludes halogenated alkanes) is 2. The van der Waals surface area contributed by atoms with E-state index in [9.17, 15) is 8.78 Å². The molecule has 4 rings (SSSR count). The normalized spacial score (nSPS) is 17.7. The molecule has 0 N–H and O–H groups in total. The fourth-order valence-electron chi connectivity index (χ4n) is 5.34. The van der Waals surface area contributed by atoms with Crippen molar-refractivity contribution in [2.75, 3.05) is 6.61 Å². The van der Waals surface area contributed by atoms with Crippen LogP contribution in [0.3, 0.4) is 0 Å². The van der Waals surface area contributed by atoms with E-state index in [1.54, 1.807) is 25.1 Å². The third kappa shape index (κ3) is 6.48. The van der Waals surface area contributed by atoms with Crippen LogP contribution < -0.4 is 4.74 Å². The summed E-state index contributed by atoms with van der Waals surface area (Å²) in [5, 5.41) is 0. The Labute approximate surface area is 223 Å². The van der Waals surface area contributed by atoms with Crippen molar-refractivity contribution in [2.24, 2.45) is 5.92 Å². The molecule has 0 heterocycles. The second-order valence-corrected chi connectivity index (χ2v) is 10.2. The summed E-state index contributed by atoms with van der Waals surface area (Å²) in [6, 6.07) is 14.1. The van der Waals surface area contributed by atoms with Crippen LogP contribution in [-0.2, 0) is 6.42 Å². The van der Waals surface area contributed by atoms with Crippen LogP contribution in [0, 0.1) is 29.2 Å². The van der Waals surface area contributed by atoms with Crippen molar-refractivity contribution < 1.29 is 22.3 Å². The fourth-order valence-corrected chi connectivity index (χ4v) is 5.34. The van der Waals surface area contributed by atoms with Crippen LogP contribution in [0.2, 0.25) is 0 Å². The average molecular weight is 525 g/mol. The zero-order valence-electron chi connectivity index (χ0n) is 22.2. The highest BCUT2D eigenvalue weighted by atomic mass is 19.2. The Bertz CT molecular complexity index is 1240. The maximum Gasteiger partial charge on any atom is 0.201 e. The monoisotopic (exact) mass is 524 g/mol. The van der Waals surface area contributed by atoms with E-state index >= 15 is 8.78 Å². The number of rotatable bonds is 10. The molecule has 0 bridgehead atoms. The molecule has 0 atom stereocenters. The van der Waals surface area contributed by atoms with E-state index in [0.29, 0.717) is 24.0 Å². The van der Waals surface area contributed by atoms with Crippen molar-refractivity contribution >= 4 is 6.08 Å². The van der Waals surface area contributed by atoms with Crippen LogP contribution in [0.15, 0.2) is 54.6 Å². The first-order valence-corrected chi connectivity index (χ1v) is 13.8. The number of hydrogen-bond donors (Lipinski definition) is 0. The molecule has 1 aliphatic rings. The molecule has 0 unspecified atom stereocenters. The lowest BCUT2D eigenvalue weighted by atomic mass is 9.78. The van der Waals surface area contributed by atoms with E-state index in [2.05, 4.69) is 6.92 Å². The van der Waals surface area contributed by atoms with Gasteiger partial charge in [-0.1, -0.05) is 68.3 Å². The number of aryl methyl sites for hydroxylation is 1. The van der Waals surface area contributed by atoms with Gasteiger partial charge in [0.15, 0.2) is 23.2 Å². The van der Waals surface area contributed by atoms with Crippen LogP contribution in [-0.4, -0.2) is 6.61 Å². The summed E-state index contributed by atoms with van der Waals surface area (Å²) < 4.78 is 63.9. The Balaban J connectivity index is 1.39. The quantitative estimate of drug-likeness (QED) is 0.189. The van der Waals surface area contributed by atoms with Gasteiger partial charge in [0.1, 0.15) is 0 Å². The minimum Gasteiger partial charge on any atom is -0.491 e. The van der Waals surface area contributed by atoms with E-state index in [1.165, 1.54) is 24.1 Å². The van der Waals surface area contributed by atoms with Crippen LogP contribution in [0.5, 0.6) is 5.75 Å². The van der Waals surface area contributed by atoms with Gasteiger partial charge in [-0.25, -0.2) is 13.2 Å². The van der Waals surface area contributed by atoms with Crippen LogP contribution in [0.25, 0.3) is 17.2 Å². The van der Waals surface area contributed by atoms with E-state index < -0.39 is 23.3 Å². The maximum absolute atomic E-state index is 15.2. The molecule has 1 nitrogen and oxygen atoms in total. The summed E-state index contributed by atoms with van der Waals surface area (Å²) in [7, 11) is 0. The Hall–Kier alpha value is -3.08. The standard InChI is InChI=1S/C33H36F4O/c1-3-5-6-7-22-8-13-24(14-9-22)27-19-20-28(32(36)31(27)35)25-15-10-23(11-16-25)12-17-26-18-21-29(38-4-2)33(37)30(26)34/h8-9,12-14,17-21,23,25H,3-7,10-11,15-16H2,1-2H3/b17-12+. The van der Waals surface area contributed by atoms with Crippen molar-refractivity contribution in [3.05, 3.63) is 94.6 Å². The van der Waals surface area contributed by atoms with Crippen LogP contribution in [0.1, 0.15) is 81.4 Å². The average Bonchev–Trinajstić information content (AvgIpc) is 2.93. The largest absolute Gasteiger partial charge is 0.491 e. The summed E-state index contributed by atoms with van der Waals surface area (Å²) in [4.78, 5) is 0. The molecular formula is C33H36F4O. The maximum atomic E-state index is 15.2. The number of allylic oxidation sites excluding steroid dienone is 1. The van der Waals surface area contributed by atoms with Gasteiger partial charge >= 0.3 is 0 Å². The topological polar surface area (TPSA) is 9.23 Å². The van der Waals surface area contributed by atoms with Gasteiger partial charge < -0.3 is 4.74 Å². The molecule has 202 valence electrons. The SMILES string of the molecule is CCCCCc1ccc(-c2ccc(C3CCC(/C=C/c4ccc(OCC)c(F)c4F)CC3)c(F)c2F)cc1. The third-order valence-electron chi connectivity index (χ3n) is 7.58. The highest BCUT2D eigenvalue weighted by Gasteiger charge is 2.26. The van der Waals surface area contributed by atoms with E-state index in [4.69, 9.17) is 4.74 Å². The molecule has 0 aromatic heterocycles. The molecule has 3 aromatic rings. The molecular weight excluding hydrogens is 488 g/mol. The Morgan fingerprint density at radius 3 is 2.18 bits per heavy atom. The third-order valence-corrected chi connectivity index (χ3v) is 7.58. The molecule has 5 heteroatoms. The molecule has 1 fully saturated rings. The lowest BCUT2D eigenvalue weighted by Crippen LogP contribution is -2.13. The molecule has 3 aromatic carbocycles. The zero-order valence-corrected chi connectivity index (χ0v) is 22.2. The second kappa shape index (κ2) is 13.1. The lowest BCUT2D eigenvalue weighted by Gasteiger charge is -2.27. The summed E-state index contributed by atoms with van der Waals surface area (Å²) in [6.07, 6.45) is 10.9.